The van der Waals surface area contributed by atoms with Crippen LogP contribution in [0.4, 0.5) is 5.69 Å². The van der Waals surface area contributed by atoms with Gasteiger partial charge >= 0.3 is 5.97 Å². The zero-order chi connectivity index (χ0) is 21.8. The summed E-state index contributed by atoms with van der Waals surface area (Å²) in [6, 6.07) is 9.53. The number of hydrogen-bond donors (Lipinski definition) is 0. The van der Waals surface area contributed by atoms with Gasteiger partial charge in [-0.2, -0.15) is 4.98 Å². The van der Waals surface area contributed by atoms with E-state index in [1.54, 1.807) is 18.2 Å². The number of carbonyl (C=O) groups is 1. The highest BCUT2D eigenvalue weighted by Crippen LogP contribution is 2.37. The van der Waals surface area contributed by atoms with Crippen molar-refractivity contribution in [2.24, 2.45) is 0 Å². The number of hydrogen-bond acceptors (Lipinski definition) is 10. The largest absolute Gasteiger partial charge is 0.493 e. The average molecular weight is 427 g/mol. The van der Waals surface area contributed by atoms with Crippen molar-refractivity contribution in [3.8, 4) is 28.6 Å². The molecule has 1 aliphatic rings. The molecule has 0 fully saturated rings. The topological polar surface area (TPSA) is 136 Å². The van der Waals surface area contributed by atoms with Crippen molar-refractivity contribution in [3.63, 3.8) is 0 Å². The first-order chi connectivity index (χ1) is 15.1. The average Bonchev–Trinajstić information content (AvgIpc) is 3.26. The number of carbonyl (C=O) groups excluding carboxylic acids is 1. The fourth-order valence-corrected chi connectivity index (χ4v) is 2.95. The van der Waals surface area contributed by atoms with Gasteiger partial charge in [-0.1, -0.05) is 17.3 Å². The van der Waals surface area contributed by atoms with Crippen molar-refractivity contribution in [2.75, 3.05) is 19.8 Å². The van der Waals surface area contributed by atoms with E-state index in [4.69, 9.17) is 23.5 Å². The summed E-state index contributed by atoms with van der Waals surface area (Å²) < 4.78 is 26.5. The predicted molar refractivity (Wildman–Crippen MR) is 104 cm³/mol. The molecule has 2 heterocycles. The van der Waals surface area contributed by atoms with Gasteiger partial charge in [0.05, 0.1) is 23.2 Å². The molecule has 0 bridgehead atoms. The number of esters is 1. The molecule has 0 aliphatic carbocycles. The molecule has 0 spiro atoms. The number of nitrogens with zero attached hydrogens (tertiary/aromatic N) is 3. The molecule has 1 aliphatic heterocycles. The lowest BCUT2D eigenvalue weighted by Crippen LogP contribution is -2.17. The maximum Gasteiger partial charge on any atom is 0.345 e. The van der Waals surface area contributed by atoms with Crippen molar-refractivity contribution in [1.82, 2.24) is 10.1 Å². The normalized spacial score (nSPS) is 12.3. The second kappa shape index (κ2) is 8.69. The van der Waals surface area contributed by atoms with E-state index >= 15 is 0 Å². The molecule has 11 heteroatoms. The molecule has 1 aromatic heterocycles. The number of para-hydroxylation sites is 1. The van der Waals surface area contributed by atoms with Gasteiger partial charge in [0.2, 0.25) is 5.82 Å². The molecule has 0 unspecified atom stereocenters. The van der Waals surface area contributed by atoms with E-state index in [2.05, 4.69) is 10.1 Å². The van der Waals surface area contributed by atoms with Gasteiger partial charge in [0, 0.05) is 6.07 Å². The smallest absolute Gasteiger partial charge is 0.345 e. The fourth-order valence-electron chi connectivity index (χ4n) is 2.95. The number of ether oxygens (including phenoxy) is 4. The third-order valence-electron chi connectivity index (χ3n) is 4.30. The highest BCUT2D eigenvalue weighted by Gasteiger charge is 2.28. The zero-order valence-corrected chi connectivity index (χ0v) is 16.4. The summed E-state index contributed by atoms with van der Waals surface area (Å²) in [7, 11) is 0. The lowest BCUT2D eigenvalue weighted by atomic mass is 10.1. The number of nitro groups is 1. The molecule has 2 aromatic carbocycles. The first-order valence-electron chi connectivity index (χ1n) is 9.36. The van der Waals surface area contributed by atoms with Crippen LogP contribution in [-0.2, 0) is 11.3 Å². The molecule has 3 aromatic rings. The first kappa shape index (κ1) is 20.1. The van der Waals surface area contributed by atoms with Gasteiger partial charge in [0.15, 0.2) is 18.1 Å². The predicted octanol–water partition coefficient (Wildman–Crippen LogP) is 3.17. The van der Waals surface area contributed by atoms with E-state index in [0.717, 1.165) is 6.07 Å². The maximum absolute atomic E-state index is 12.5. The van der Waals surface area contributed by atoms with Crippen LogP contribution in [-0.4, -0.2) is 40.9 Å². The molecule has 31 heavy (non-hydrogen) atoms. The number of aromatic nitrogens is 2. The summed E-state index contributed by atoms with van der Waals surface area (Å²) >= 11 is 0. The minimum atomic E-state index is -0.932. The van der Waals surface area contributed by atoms with Gasteiger partial charge in [0.25, 0.3) is 11.6 Å². The van der Waals surface area contributed by atoms with Crippen LogP contribution in [0.1, 0.15) is 23.2 Å². The van der Waals surface area contributed by atoms with Crippen LogP contribution in [0.15, 0.2) is 40.9 Å². The third kappa shape index (κ3) is 4.25. The first-order valence-corrected chi connectivity index (χ1v) is 9.36. The molecule has 0 atom stereocenters. The molecule has 4 rings (SSSR count). The van der Waals surface area contributed by atoms with Crippen LogP contribution >= 0.6 is 0 Å². The molecule has 0 radical (unpaired) electrons. The standard InChI is InChI=1S/C20H17N3O8/c1-2-27-15-6-4-3-5-12(15)19-21-18(31-22-19)11-30-20(24)13-9-16-17(29-8-7-28-16)10-14(13)23(25)26/h3-6,9-10H,2,7-8,11H2,1H3. The van der Waals surface area contributed by atoms with Crippen LogP contribution in [0, 0.1) is 10.1 Å². The van der Waals surface area contributed by atoms with Gasteiger partial charge in [-0.3, -0.25) is 10.1 Å². The van der Waals surface area contributed by atoms with Crippen LogP contribution in [0.25, 0.3) is 11.4 Å². The van der Waals surface area contributed by atoms with E-state index in [1.807, 2.05) is 13.0 Å². The Morgan fingerprint density at radius 2 is 1.94 bits per heavy atom. The molecule has 0 N–H and O–H groups in total. The minimum Gasteiger partial charge on any atom is -0.493 e. The highest BCUT2D eigenvalue weighted by molar-refractivity contribution is 5.95. The summed E-state index contributed by atoms with van der Waals surface area (Å²) in [6.07, 6.45) is 0. The van der Waals surface area contributed by atoms with E-state index in [1.165, 1.54) is 6.07 Å². The molecule has 0 saturated heterocycles. The van der Waals surface area contributed by atoms with E-state index < -0.39 is 16.6 Å². The van der Waals surface area contributed by atoms with Crippen molar-refractivity contribution >= 4 is 11.7 Å². The summed E-state index contributed by atoms with van der Waals surface area (Å²) in [6.45, 7) is 2.49. The van der Waals surface area contributed by atoms with Crippen LogP contribution in [0.5, 0.6) is 17.2 Å². The number of rotatable bonds is 7. The van der Waals surface area contributed by atoms with Crippen molar-refractivity contribution < 1.29 is 33.2 Å². The Kier molecular flexibility index (Phi) is 5.65. The van der Waals surface area contributed by atoms with Gasteiger partial charge in [-0.15, -0.1) is 0 Å². The van der Waals surface area contributed by atoms with Gasteiger partial charge < -0.3 is 23.5 Å². The summed E-state index contributed by atoms with van der Waals surface area (Å²) in [5.41, 5.74) is -0.102. The monoisotopic (exact) mass is 427 g/mol. The van der Waals surface area contributed by atoms with Crippen molar-refractivity contribution in [2.45, 2.75) is 13.5 Å². The zero-order valence-electron chi connectivity index (χ0n) is 16.4. The molecular weight excluding hydrogens is 410 g/mol. The van der Waals surface area contributed by atoms with Gasteiger partial charge in [0.1, 0.15) is 24.5 Å². The molecular formula is C20H17N3O8. The van der Waals surface area contributed by atoms with E-state index in [0.29, 0.717) is 17.9 Å². The Morgan fingerprint density at radius 1 is 1.19 bits per heavy atom. The fraction of sp³-hybridized carbons (Fsp3) is 0.250. The second-order valence-corrected chi connectivity index (χ2v) is 6.29. The van der Waals surface area contributed by atoms with Crippen LogP contribution < -0.4 is 14.2 Å². The quantitative estimate of drug-likeness (QED) is 0.314. The van der Waals surface area contributed by atoms with Gasteiger partial charge in [-0.25, -0.2) is 4.79 Å². The Labute approximate surface area is 175 Å². The number of benzene rings is 2. The van der Waals surface area contributed by atoms with Crippen LogP contribution in [0.2, 0.25) is 0 Å². The second-order valence-electron chi connectivity index (χ2n) is 6.29. The molecule has 0 saturated carbocycles. The van der Waals surface area contributed by atoms with E-state index in [9.17, 15) is 14.9 Å². The summed E-state index contributed by atoms with van der Waals surface area (Å²) in [4.78, 5) is 27.4. The van der Waals surface area contributed by atoms with Crippen LogP contribution in [0.3, 0.4) is 0 Å². The highest BCUT2D eigenvalue weighted by atomic mass is 16.6. The Hall–Kier alpha value is -4.15. The van der Waals surface area contributed by atoms with Crippen molar-refractivity contribution in [1.29, 1.82) is 0 Å². The third-order valence-corrected chi connectivity index (χ3v) is 4.30. The number of nitro benzene ring substituents is 1. The Morgan fingerprint density at radius 3 is 2.68 bits per heavy atom. The lowest BCUT2D eigenvalue weighted by Gasteiger charge is -2.18. The summed E-state index contributed by atoms with van der Waals surface area (Å²) in [5, 5.41) is 15.3. The summed E-state index contributed by atoms with van der Waals surface area (Å²) in [5.74, 6) is 0.370. The molecule has 0 amide bonds. The Bertz CT molecular complexity index is 1130. The maximum atomic E-state index is 12.5. The van der Waals surface area contributed by atoms with E-state index in [-0.39, 0.29) is 48.6 Å². The van der Waals surface area contributed by atoms with Gasteiger partial charge in [-0.05, 0) is 19.1 Å². The lowest BCUT2D eigenvalue weighted by molar-refractivity contribution is -0.385. The molecule has 11 nitrogen and oxygen atoms in total. The number of fused-ring (bicyclic) bond motifs is 1. The molecule has 160 valence electrons. The Balaban J connectivity index is 1.51. The minimum absolute atomic E-state index is 0.0230. The van der Waals surface area contributed by atoms with Crippen molar-refractivity contribution in [3.05, 3.63) is 58.0 Å². The SMILES string of the molecule is CCOc1ccccc1-c1noc(COC(=O)c2cc3c(cc2[N+](=O)[O-])OCCO3)n1.